The molecule has 1 aromatic heterocycles. The summed E-state index contributed by atoms with van der Waals surface area (Å²) in [5.41, 5.74) is 0.878. The molecule has 0 aromatic carbocycles. The van der Waals surface area contributed by atoms with Crippen LogP contribution in [0.15, 0.2) is 15.8 Å². The standard InChI is InChI=1S/C10H15N3O6.ClH/c1-4-2-13(10(17)11-8(4)16)9-6(12-18)7(15)5(3-14)19-9;/h2,5-7,9,12,14-15,18H,3H2,1H3,(H,11,16,17);1H/t5-,6?,7-,9-;/m1./s1. The summed E-state index contributed by atoms with van der Waals surface area (Å²) in [6.07, 6.45) is -1.91. The third-order valence-electron chi connectivity index (χ3n) is 3.12. The van der Waals surface area contributed by atoms with Crippen LogP contribution in [0.1, 0.15) is 11.8 Å². The van der Waals surface area contributed by atoms with E-state index in [9.17, 15) is 14.7 Å². The van der Waals surface area contributed by atoms with Gasteiger partial charge in [0.1, 0.15) is 18.2 Å². The second-order valence-corrected chi connectivity index (χ2v) is 4.37. The van der Waals surface area contributed by atoms with Crippen LogP contribution in [0.5, 0.6) is 0 Å². The zero-order valence-electron chi connectivity index (χ0n) is 10.5. The Hall–Kier alpha value is -1.23. The van der Waals surface area contributed by atoms with Crippen molar-refractivity contribution in [1.82, 2.24) is 15.0 Å². The van der Waals surface area contributed by atoms with Gasteiger partial charge in [0.25, 0.3) is 5.56 Å². The molecule has 0 radical (unpaired) electrons. The van der Waals surface area contributed by atoms with Crippen molar-refractivity contribution in [1.29, 1.82) is 0 Å². The van der Waals surface area contributed by atoms with E-state index in [0.717, 1.165) is 4.57 Å². The van der Waals surface area contributed by atoms with Gasteiger partial charge in [-0.05, 0) is 6.92 Å². The first-order valence-corrected chi connectivity index (χ1v) is 5.65. The van der Waals surface area contributed by atoms with E-state index in [2.05, 4.69) is 4.98 Å². The summed E-state index contributed by atoms with van der Waals surface area (Å²) in [6.45, 7) is 1.04. The summed E-state index contributed by atoms with van der Waals surface area (Å²) in [4.78, 5) is 25.1. The fourth-order valence-electron chi connectivity index (χ4n) is 2.05. The topological polar surface area (TPSA) is 137 Å². The van der Waals surface area contributed by atoms with E-state index in [-0.39, 0.29) is 18.0 Å². The van der Waals surface area contributed by atoms with Crippen LogP contribution < -0.4 is 16.7 Å². The van der Waals surface area contributed by atoms with Gasteiger partial charge in [0.15, 0.2) is 6.23 Å². The van der Waals surface area contributed by atoms with Gasteiger partial charge in [0, 0.05) is 11.8 Å². The number of aliphatic hydroxyl groups excluding tert-OH is 2. The van der Waals surface area contributed by atoms with Crippen molar-refractivity contribution >= 4 is 12.4 Å². The first kappa shape index (κ1) is 16.8. The predicted molar refractivity (Wildman–Crippen MR) is 69.0 cm³/mol. The number of aromatic nitrogens is 2. The molecule has 0 saturated carbocycles. The molecule has 0 aliphatic carbocycles. The molecular weight excluding hydrogens is 294 g/mol. The second kappa shape index (κ2) is 6.48. The largest absolute Gasteiger partial charge is 0.394 e. The third kappa shape index (κ3) is 2.77. The first-order chi connectivity index (χ1) is 8.99. The molecule has 2 rings (SSSR count). The number of aliphatic hydroxyl groups is 2. The highest BCUT2D eigenvalue weighted by Gasteiger charge is 2.44. The highest BCUT2D eigenvalue weighted by molar-refractivity contribution is 5.85. The van der Waals surface area contributed by atoms with Crippen molar-refractivity contribution in [3.63, 3.8) is 0 Å². The Balaban J connectivity index is 0.00000200. The Morgan fingerprint density at radius 1 is 1.50 bits per heavy atom. The molecule has 1 aliphatic rings. The maximum absolute atomic E-state index is 11.7. The SMILES string of the molecule is Cc1cn([C@@H]2O[C@H](CO)[C@@H](O)C2NO)c(=O)[nH]c1=O.Cl. The van der Waals surface area contributed by atoms with Gasteiger partial charge >= 0.3 is 5.69 Å². The lowest BCUT2D eigenvalue weighted by molar-refractivity contribution is -0.0500. The minimum absolute atomic E-state index is 0. The summed E-state index contributed by atoms with van der Waals surface area (Å²) in [5, 5.41) is 27.9. The molecule has 2 heterocycles. The number of hydrogen-bond donors (Lipinski definition) is 5. The molecule has 1 saturated heterocycles. The normalized spacial score (nSPS) is 29.2. The quantitative estimate of drug-likeness (QED) is 0.402. The van der Waals surface area contributed by atoms with E-state index in [1.54, 1.807) is 0 Å². The van der Waals surface area contributed by atoms with E-state index in [0.29, 0.717) is 0 Å². The number of nitrogens with zero attached hydrogens (tertiary/aromatic N) is 1. The maximum atomic E-state index is 11.7. The Labute approximate surface area is 119 Å². The van der Waals surface area contributed by atoms with E-state index in [4.69, 9.17) is 15.1 Å². The average molecular weight is 310 g/mol. The predicted octanol–water partition coefficient (Wildman–Crippen LogP) is -2.14. The van der Waals surface area contributed by atoms with Crippen molar-refractivity contribution in [2.75, 3.05) is 6.61 Å². The number of aryl methyl sites for hydroxylation is 1. The van der Waals surface area contributed by atoms with Crippen LogP contribution >= 0.6 is 12.4 Å². The van der Waals surface area contributed by atoms with Gasteiger partial charge in [0.05, 0.1) is 6.61 Å². The minimum Gasteiger partial charge on any atom is -0.394 e. The van der Waals surface area contributed by atoms with Gasteiger partial charge in [-0.2, -0.15) is 5.48 Å². The van der Waals surface area contributed by atoms with Crippen LogP contribution in [0.25, 0.3) is 0 Å². The Kier molecular flexibility index (Phi) is 5.45. The van der Waals surface area contributed by atoms with Gasteiger partial charge in [-0.15, -0.1) is 12.4 Å². The van der Waals surface area contributed by atoms with Crippen LogP contribution in [0, 0.1) is 6.92 Å². The van der Waals surface area contributed by atoms with Crippen molar-refractivity contribution in [2.45, 2.75) is 31.4 Å². The summed E-state index contributed by atoms with van der Waals surface area (Å²) in [5.74, 6) is 0. The Morgan fingerprint density at radius 2 is 2.15 bits per heavy atom. The molecule has 10 heteroatoms. The molecule has 1 unspecified atom stereocenters. The molecule has 5 N–H and O–H groups in total. The molecule has 1 fully saturated rings. The number of aromatic amines is 1. The lowest BCUT2D eigenvalue weighted by atomic mass is 10.1. The van der Waals surface area contributed by atoms with Crippen LogP contribution in [-0.4, -0.2) is 49.8 Å². The molecule has 9 nitrogen and oxygen atoms in total. The third-order valence-corrected chi connectivity index (χ3v) is 3.12. The zero-order valence-corrected chi connectivity index (χ0v) is 11.3. The van der Waals surface area contributed by atoms with Crippen LogP contribution in [0.4, 0.5) is 0 Å². The molecule has 0 amide bonds. The molecule has 0 spiro atoms. The van der Waals surface area contributed by atoms with Gasteiger partial charge < -0.3 is 20.2 Å². The van der Waals surface area contributed by atoms with E-state index in [1.807, 2.05) is 5.48 Å². The number of rotatable bonds is 3. The summed E-state index contributed by atoms with van der Waals surface area (Å²) in [6, 6.07) is -1.000. The van der Waals surface area contributed by atoms with Gasteiger partial charge in [-0.1, -0.05) is 0 Å². The molecule has 20 heavy (non-hydrogen) atoms. The van der Waals surface area contributed by atoms with Crippen LogP contribution in [0.2, 0.25) is 0 Å². The Morgan fingerprint density at radius 3 is 2.70 bits per heavy atom. The fourth-order valence-corrected chi connectivity index (χ4v) is 2.05. The van der Waals surface area contributed by atoms with Crippen molar-refractivity contribution < 1.29 is 20.2 Å². The van der Waals surface area contributed by atoms with Crippen LogP contribution in [0.3, 0.4) is 0 Å². The fraction of sp³-hybridized carbons (Fsp3) is 0.600. The van der Waals surface area contributed by atoms with Crippen molar-refractivity contribution in [3.05, 3.63) is 32.6 Å². The smallest absolute Gasteiger partial charge is 0.330 e. The maximum Gasteiger partial charge on any atom is 0.330 e. The Bertz CT molecular complexity index is 573. The van der Waals surface area contributed by atoms with E-state index >= 15 is 0 Å². The molecule has 1 aliphatic heterocycles. The van der Waals surface area contributed by atoms with Crippen molar-refractivity contribution in [2.24, 2.45) is 0 Å². The van der Waals surface area contributed by atoms with Gasteiger partial charge in [0.2, 0.25) is 0 Å². The lowest BCUT2D eigenvalue weighted by Crippen LogP contribution is -2.45. The van der Waals surface area contributed by atoms with E-state index in [1.165, 1.54) is 13.1 Å². The van der Waals surface area contributed by atoms with E-state index < -0.39 is 42.3 Å². The summed E-state index contributed by atoms with van der Waals surface area (Å²) in [7, 11) is 0. The molecule has 1 aromatic rings. The highest BCUT2D eigenvalue weighted by atomic mass is 35.5. The number of hydrogen-bond acceptors (Lipinski definition) is 7. The minimum atomic E-state index is -1.20. The van der Waals surface area contributed by atoms with Crippen LogP contribution in [-0.2, 0) is 4.74 Å². The zero-order chi connectivity index (χ0) is 14.2. The molecular formula is C10H16ClN3O6. The monoisotopic (exact) mass is 309 g/mol. The lowest BCUT2D eigenvalue weighted by Gasteiger charge is -2.20. The molecule has 0 bridgehead atoms. The van der Waals surface area contributed by atoms with Crippen molar-refractivity contribution in [3.8, 4) is 0 Å². The number of H-pyrrole nitrogens is 1. The molecule has 4 atom stereocenters. The summed E-state index contributed by atoms with van der Waals surface area (Å²) < 4.78 is 6.35. The number of halogens is 1. The molecule has 114 valence electrons. The second-order valence-electron chi connectivity index (χ2n) is 4.37. The number of ether oxygens (including phenoxy) is 1. The number of hydroxylamine groups is 1. The average Bonchev–Trinajstić information content (AvgIpc) is 2.70. The van der Waals surface area contributed by atoms with Gasteiger partial charge in [-0.3, -0.25) is 14.3 Å². The van der Waals surface area contributed by atoms with Gasteiger partial charge in [-0.25, -0.2) is 4.79 Å². The number of nitrogens with one attached hydrogen (secondary N) is 2. The first-order valence-electron chi connectivity index (χ1n) is 5.65. The highest BCUT2D eigenvalue weighted by Crippen LogP contribution is 2.27. The summed E-state index contributed by atoms with van der Waals surface area (Å²) >= 11 is 0.